The predicted octanol–water partition coefficient (Wildman–Crippen LogP) is 3.63. The molecule has 0 aliphatic carbocycles. The number of ketones is 1. The van der Waals surface area contributed by atoms with Crippen LogP contribution in [-0.4, -0.2) is 47.6 Å². The van der Waals surface area contributed by atoms with Crippen molar-refractivity contribution in [3.05, 3.63) is 59.2 Å². The number of likely N-dealkylation sites (tertiary alicyclic amines) is 1. The van der Waals surface area contributed by atoms with E-state index >= 15 is 0 Å². The first-order valence-corrected chi connectivity index (χ1v) is 9.73. The Morgan fingerprint density at radius 2 is 1.63 bits per heavy atom. The van der Waals surface area contributed by atoms with Gasteiger partial charge in [0.15, 0.2) is 0 Å². The van der Waals surface area contributed by atoms with Crippen LogP contribution in [0.1, 0.15) is 36.9 Å². The second kappa shape index (κ2) is 8.90. The summed E-state index contributed by atoms with van der Waals surface area (Å²) >= 11 is 0. The molecule has 7 nitrogen and oxygen atoms in total. The van der Waals surface area contributed by atoms with E-state index in [4.69, 9.17) is 9.47 Å². The highest BCUT2D eigenvalue weighted by atomic mass is 16.5. The second-order valence-electron chi connectivity index (χ2n) is 6.98. The molecule has 1 unspecified atom stereocenters. The summed E-state index contributed by atoms with van der Waals surface area (Å²) in [4.78, 5) is 27.3. The fraction of sp³-hybridized carbons (Fsp3) is 0.304. The van der Waals surface area contributed by atoms with Crippen molar-refractivity contribution in [2.45, 2.75) is 25.8 Å². The molecule has 1 amide bonds. The Labute approximate surface area is 175 Å². The van der Waals surface area contributed by atoms with E-state index in [9.17, 15) is 19.8 Å². The van der Waals surface area contributed by atoms with Gasteiger partial charge in [-0.05, 0) is 36.2 Å². The number of ether oxygens (including phenoxy) is 2. The van der Waals surface area contributed by atoms with Crippen molar-refractivity contribution in [1.82, 2.24) is 4.90 Å². The number of carbonyl (C=O) groups excluding carboxylic acids is 2. The average Bonchev–Trinajstić information content (AvgIpc) is 3.01. The van der Waals surface area contributed by atoms with Gasteiger partial charge in [0.1, 0.15) is 28.6 Å². The molecular formula is C23H25NO6. The predicted molar refractivity (Wildman–Crippen MR) is 112 cm³/mol. The Bertz CT molecular complexity index is 957. The maximum Gasteiger partial charge on any atom is 0.295 e. The lowest BCUT2D eigenvalue weighted by Gasteiger charge is -2.25. The van der Waals surface area contributed by atoms with Gasteiger partial charge in [0, 0.05) is 6.54 Å². The molecule has 30 heavy (non-hydrogen) atoms. The van der Waals surface area contributed by atoms with E-state index in [1.165, 1.54) is 31.3 Å². The molecule has 0 saturated carbocycles. The van der Waals surface area contributed by atoms with Crippen molar-refractivity contribution in [1.29, 1.82) is 0 Å². The molecule has 0 bridgehead atoms. The minimum absolute atomic E-state index is 0.0374. The first-order chi connectivity index (χ1) is 14.4. The van der Waals surface area contributed by atoms with Crippen molar-refractivity contribution >= 4 is 17.4 Å². The van der Waals surface area contributed by atoms with Gasteiger partial charge < -0.3 is 24.6 Å². The van der Waals surface area contributed by atoms with E-state index in [1.54, 1.807) is 30.3 Å². The molecule has 158 valence electrons. The number of Topliss-reactive ketones (excluding diaryl/α,β-unsaturated/α-hetero) is 1. The smallest absolute Gasteiger partial charge is 0.295 e. The highest BCUT2D eigenvalue weighted by Crippen LogP contribution is 2.43. The lowest BCUT2D eigenvalue weighted by molar-refractivity contribution is -0.139. The number of amides is 1. The number of phenols is 1. The number of aliphatic hydroxyl groups excluding tert-OH is 1. The van der Waals surface area contributed by atoms with Gasteiger partial charge in [-0.15, -0.1) is 0 Å². The van der Waals surface area contributed by atoms with Crippen molar-refractivity contribution in [2.75, 3.05) is 20.8 Å². The van der Waals surface area contributed by atoms with Gasteiger partial charge in [-0.1, -0.05) is 31.5 Å². The van der Waals surface area contributed by atoms with E-state index in [0.717, 1.165) is 6.42 Å². The first kappa shape index (κ1) is 21.2. The average molecular weight is 411 g/mol. The minimum atomic E-state index is -0.785. The van der Waals surface area contributed by atoms with Crippen LogP contribution in [0.25, 0.3) is 5.76 Å². The summed E-state index contributed by atoms with van der Waals surface area (Å²) in [6.45, 7) is 2.36. The highest BCUT2D eigenvalue weighted by molar-refractivity contribution is 6.46. The van der Waals surface area contributed by atoms with Gasteiger partial charge in [0.25, 0.3) is 11.7 Å². The molecule has 0 spiro atoms. The molecule has 1 heterocycles. The van der Waals surface area contributed by atoms with Gasteiger partial charge in [-0.25, -0.2) is 0 Å². The number of benzene rings is 2. The Kier molecular flexibility index (Phi) is 6.30. The molecule has 1 saturated heterocycles. The van der Waals surface area contributed by atoms with Crippen LogP contribution in [0.3, 0.4) is 0 Å². The van der Waals surface area contributed by atoms with Gasteiger partial charge in [-0.3, -0.25) is 9.59 Å². The fourth-order valence-electron chi connectivity index (χ4n) is 3.66. The van der Waals surface area contributed by atoms with Crippen molar-refractivity contribution < 1.29 is 29.3 Å². The summed E-state index contributed by atoms with van der Waals surface area (Å²) in [5.74, 6) is -1.10. The van der Waals surface area contributed by atoms with Crippen LogP contribution in [0.5, 0.6) is 17.2 Å². The minimum Gasteiger partial charge on any atom is -0.508 e. The third-order valence-corrected chi connectivity index (χ3v) is 5.17. The Balaban J connectivity index is 2.25. The van der Waals surface area contributed by atoms with E-state index in [2.05, 4.69) is 0 Å². The third-order valence-electron chi connectivity index (χ3n) is 5.17. The van der Waals surface area contributed by atoms with Crippen LogP contribution in [0.4, 0.5) is 0 Å². The quantitative estimate of drug-likeness (QED) is 0.410. The number of methoxy groups -OCH3 is 2. The number of aliphatic hydroxyl groups is 1. The second-order valence-corrected chi connectivity index (χ2v) is 6.98. The maximum absolute atomic E-state index is 13.0. The summed E-state index contributed by atoms with van der Waals surface area (Å²) in [7, 11) is 2.89. The topological polar surface area (TPSA) is 96.3 Å². The number of rotatable bonds is 7. The summed E-state index contributed by atoms with van der Waals surface area (Å²) in [6, 6.07) is 10.4. The van der Waals surface area contributed by atoms with Crippen molar-refractivity contribution in [3.63, 3.8) is 0 Å². The molecule has 0 radical (unpaired) electrons. The Morgan fingerprint density at radius 3 is 2.17 bits per heavy atom. The van der Waals surface area contributed by atoms with E-state index < -0.39 is 17.7 Å². The van der Waals surface area contributed by atoms with Crippen LogP contribution in [0.2, 0.25) is 0 Å². The number of hydrogen-bond donors (Lipinski definition) is 2. The number of nitrogens with zero attached hydrogens (tertiary/aromatic N) is 1. The van der Waals surface area contributed by atoms with Crippen LogP contribution in [-0.2, 0) is 9.59 Å². The molecule has 2 aromatic carbocycles. The standard InChI is InChI=1S/C23H25NO6/c1-4-5-13-24-20(14-9-11-15(25)12-10-14)19(22(27)23(24)28)21(26)18-16(29-2)7-6-8-17(18)30-3/h6-12,20,25-26H,4-5,13H2,1-3H3/b21-19+. The van der Waals surface area contributed by atoms with Crippen LogP contribution < -0.4 is 9.47 Å². The zero-order chi connectivity index (χ0) is 21.8. The van der Waals surface area contributed by atoms with Crippen molar-refractivity contribution in [2.24, 2.45) is 0 Å². The zero-order valence-electron chi connectivity index (χ0n) is 17.2. The zero-order valence-corrected chi connectivity index (χ0v) is 17.2. The highest BCUT2D eigenvalue weighted by Gasteiger charge is 2.46. The molecule has 2 N–H and O–H groups in total. The first-order valence-electron chi connectivity index (χ1n) is 9.73. The van der Waals surface area contributed by atoms with Gasteiger partial charge in [-0.2, -0.15) is 0 Å². The molecule has 0 aromatic heterocycles. The van der Waals surface area contributed by atoms with Crippen molar-refractivity contribution in [3.8, 4) is 17.2 Å². The number of phenolic OH excluding ortho intramolecular Hbond substituents is 1. The molecule has 1 aliphatic heterocycles. The number of aromatic hydroxyl groups is 1. The summed E-state index contributed by atoms with van der Waals surface area (Å²) in [5.41, 5.74) is 0.780. The number of unbranched alkanes of at least 4 members (excludes halogenated alkanes) is 1. The molecule has 1 atom stereocenters. The maximum atomic E-state index is 13.0. The molecule has 3 rings (SSSR count). The SMILES string of the molecule is CCCCN1C(=O)C(=O)/C(=C(/O)c2c(OC)cccc2OC)C1c1ccc(O)cc1. The molecule has 2 aromatic rings. The van der Waals surface area contributed by atoms with Crippen LogP contribution in [0.15, 0.2) is 48.0 Å². The summed E-state index contributed by atoms with van der Waals surface area (Å²) in [6.07, 6.45) is 1.55. The molecular weight excluding hydrogens is 386 g/mol. The van der Waals surface area contributed by atoms with E-state index in [0.29, 0.717) is 30.0 Å². The third kappa shape index (κ3) is 3.70. The van der Waals surface area contributed by atoms with Crippen LogP contribution >= 0.6 is 0 Å². The fourth-order valence-corrected chi connectivity index (χ4v) is 3.66. The normalized spacial score (nSPS) is 18.0. The van der Waals surface area contributed by atoms with E-state index in [1.807, 2.05) is 6.92 Å². The monoisotopic (exact) mass is 411 g/mol. The Hall–Kier alpha value is -3.48. The van der Waals surface area contributed by atoms with Gasteiger partial charge in [0.05, 0.1) is 25.8 Å². The summed E-state index contributed by atoms with van der Waals surface area (Å²) < 4.78 is 10.7. The summed E-state index contributed by atoms with van der Waals surface area (Å²) in [5, 5.41) is 20.9. The Morgan fingerprint density at radius 1 is 1.03 bits per heavy atom. The number of carbonyl (C=O) groups is 2. The molecule has 1 aliphatic rings. The van der Waals surface area contributed by atoms with Gasteiger partial charge in [0.2, 0.25) is 0 Å². The lowest BCUT2D eigenvalue weighted by Crippen LogP contribution is -2.30. The largest absolute Gasteiger partial charge is 0.508 e. The van der Waals surface area contributed by atoms with E-state index in [-0.39, 0.29) is 22.6 Å². The van der Waals surface area contributed by atoms with Crippen LogP contribution in [0, 0.1) is 0 Å². The lowest BCUT2D eigenvalue weighted by atomic mass is 9.94. The number of hydrogen-bond acceptors (Lipinski definition) is 6. The molecule has 7 heteroatoms. The molecule has 1 fully saturated rings. The van der Waals surface area contributed by atoms with Gasteiger partial charge >= 0.3 is 0 Å².